The van der Waals surface area contributed by atoms with E-state index in [-0.39, 0.29) is 28.3 Å². The molecule has 0 bridgehead atoms. The highest BCUT2D eigenvalue weighted by molar-refractivity contribution is 7.89. The van der Waals surface area contributed by atoms with Gasteiger partial charge in [0.05, 0.1) is 12.7 Å². The van der Waals surface area contributed by atoms with Crippen LogP contribution in [-0.2, 0) is 19.6 Å². The van der Waals surface area contributed by atoms with Crippen molar-refractivity contribution in [3.8, 4) is 5.75 Å². The van der Waals surface area contributed by atoms with Gasteiger partial charge >= 0.3 is 5.97 Å². The van der Waals surface area contributed by atoms with Crippen LogP contribution in [-0.4, -0.2) is 46.1 Å². The first-order chi connectivity index (χ1) is 11.7. The van der Waals surface area contributed by atoms with Crippen LogP contribution in [0.3, 0.4) is 0 Å². The van der Waals surface area contributed by atoms with Gasteiger partial charge in [0, 0.05) is 12.1 Å². The molecule has 9 heteroatoms. The molecule has 0 aromatic heterocycles. The topological polar surface area (TPSA) is 111 Å². The SMILES string of the molecule is COc1ccc(C(=O)OCC(=O)NC(C)C)cc1S(=O)(=O)NC1CC1. The minimum atomic E-state index is -3.81. The van der Waals surface area contributed by atoms with Crippen molar-refractivity contribution in [2.75, 3.05) is 13.7 Å². The molecule has 2 N–H and O–H groups in total. The molecule has 1 fully saturated rings. The quantitative estimate of drug-likeness (QED) is 0.656. The van der Waals surface area contributed by atoms with Gasteiger partial charge in [-0.15, -0.1) is 0 Å². The molecular weight excluding hydrogens is 348 g/mol. The van der Waals surface area contributed by atoms with E-state index in [0.717, 1.165) is 12.8 Å². The highest BCUT2D eigenvalue weighted by Gasteiger charge is 2.30. The summed E-state index contributed by atoms with van der Waals surface area (Å²) in [5.74, 6) is -1.09. The van der Waals surface area contributed by atoms with Crippen LogP contribution in [0.1, 0.15) is 37.0 Å². The molecule has 0 heterocycles. The first-order valence-electron chi connectivity index (χ1n) is 7.90. The fourth-order valence-electron chi connectivity index (χ4n) is 2.08. The number of rotatable bonds is 8. The molecule has 0 radical (unpaired) electrons. The molecule has 25 heavy (non-hydrogen) atoms. The van der Waals surface area contributed by atoms with E-state index in [1.807, 2.05) is 0 Å². The van der Waals surface area contributed by atoms with Gasteiger partial charge in [0.1, 0.15) is 10.6 Å². The molecular formula is C16H22N2O6S. The first-order valence-corrected chi connectivity index (χ1v) is 9.38. The predicted molar refractivity (Wildman–Crippen MR) is 89.9 cm³/mol. The summed E-state index contributed by atoms with van der Waals surface area (Å²) < 4.78 is 37.4. The van der Waals surface area contributed by atoms with E-state index in [1.165, 1.54) is 25.3 Å². The number of esters is 1. The van der Waals surface area contributed by atoms with Crippen LogP contribution in [0.5, 0.6) is 5.75 Å². The van der Waals surface area contributed by atoms with E-state index in [0.29, 0.717) is 0 Å². The van der Waals surface area contributed by atoms with E-state index >= 15 is 0 Å². The maximum absolute atomic E-state index is 12.4. The molecule has 1 aromatic rings. The van der Waals surface area contributed by atoms with Crippen molar-refractivity contribution < 1.29 is 27.5 Å². The number of ether oxygens (including phenoxy) is 2. The molecule has 1 aliphatic carbocycles. The van der Waals surface area contributed by atoms with Crippen molar-refractivity contribution >= 4 is 21.9 Å². The van der Waals surface area contributed by atoms with Crippen LogP contribution in [0.4, 0.5) is 0 Å². The number of carbonyl (C=O) groups is 2. The van der Waals surface area contributed by atoms with Crippen LogP contribution in [0.15, 0.2) is 23.1 Å². The predicted octanol–water partition coefficient (Wildman–Crippen LogP) is 0.817. The molecule has 1 saturated carbocycles. The second-order valence-electron chi connectivity index (χ2n) is 6.06. The van der Waals surface area contributed by atoms with E-state index in [4.69, 9.17) is 9.47 Å². The second kappa shape index (κ2) is 7.83. The highest BCUT2D eigenvalue weighted by Crippen LogP contribution is 2.28. The number of amides is 1. The van der Waals surface area contributed by atoms with Gasteiger partial charge in [-0.05, 0) is 44.9 Å². The molecule has 0 atom stereocenters. The van der Waals surface area contributed by atoms with Gasteiger partial charge in [-0.1, -0.05) is 0 Å². The molecule has 0 aliphatic heterocycles. The molecule has 1 amide bonds. The van der Waals surface area contributed by atoms with Gasteiger partial charge < -0.3 is 14.8 Å². The summed E-state index contributed by atoms with van der Waals surface area (Å²) in [4.78, 5) is 23.5. The van der Waals surface area contributed by atoms with Crippen molar-refractivity contribution in [3.63, 3.8) is 0 Å². The minimum absolute atomic E-state index is 0.0225. The largest absolute Gasteiger partial charge is 0.495 e. The minimum Gasteiger partial charge on any atom is -0.495 e. The Hall–Kier alpha value is -2.13. The molecule has 138 valence electrons. The molecule has 8 nitrogen and oxygen atoms in total. The first kappa shape index (κ1) is 19.2. The third-order valence-corrected chi connectivity index (χ3v) is 4.91. The molecule has 0 saturated heterocycles. The number of sulfonamides is 1. The molecule has 0 spiro atoms. The fraction of sp³-hybridized carbons (Fsp3) is 0.500. The normalized spacial score (nSPS) is 14.2. The lowest BCUT2D eigenvalue weighted by Crippen LogP contribution is -2.34. The average Bonchev–Trinajstić information content (AvgIpc) is 3.34. The Morgan fingerprint density at radius 2 is 1.96 bits per heavy atom. The monoisotopic (exact) mass is 370 g/mol. The van der Waals surface area contributed by atoms with Crippen molar-refractivity contribution in [1.29, 1.82) is 0 Å². The Labute approximate surface area is 146 Å². The van der Waals surface area contributed by atoms with Crippen LogP contribution in [0.25, 0.3) is 0 Å². The summed E-state index contributed by atoms with van der Waals surface area (Å²) in [6, 6.07) is 3.80. The lowest BCUT2D eigenvalue weighted by atomic mass is 10.2. The summed E-state index contributed by atoms with van der Waals surface area (Å²) in [5, 5.41) is 2.59. The van der Waals surface area contributed by atoms with Crippen LogP contribution < -0.4 is 14.8 Å². The smallest absolute Gasteiger partial charge is 0.338 e. The summed E-state index contributed by atoms with van der Waals surface area (Å²) in [6.07, 6.45) is 1.57. The van der Waals surface area contributed by atoms with E-state index in [1.54, 1.807) is 13.8 Å². The highest BCUT2D eigenvalue weighted by atomic mass is 32.2. The van der Waals surface area contributed by atoms with Crippen LogP contribution >= 0.6 is 0 Å². The van der Waals surface area contributed by atoms with Crippen molar-refractivity contribution in [1.82, 2.24) is 10.0 Å². The van der Waals surface area contributed by atoms with E-state index in [2.05, 4.69) is 10.0 Å². The lowest BCUT2D eigenvalue weighted by Gasteiger charge is -2.12. The van der Waals surface area contributed by atoms with Crippen molar-refractivity contribution in [2.24, 2.45) is 0 Å². The fourth-order valence-corrected chi connectivity index (χ4v) is 3.58. The lowest BCUT2D eigenvalue weighted by molar-refractivity contribution is -0.124. The molecule has 1 aromatic carbocycles. The third-order valence-electron chi connectivity index (χ3n) is 3.37. The number of methoxy groups -OCH3 is 1. The summed E-state index contributed by atoms with van der Waals surface area (Å²) >= 11 is 0. The van der Waals surface area contributed by atoms with Gasteiger partial charge in [0.25, 0.3) is 5.91 Å². The number of hydrogen-bond acceptors (Lipinski definition) is 6. The Balaban J connectivity index is 2.14. The van der Waals surface area contributed by atoms with Crippen molar-refractivity contribution in [3.05, 3.63) is 23.8 Å². The maximum atomic E-state index is 12.4. The second-order valence-corrected chi connectivity index (χ2v) is 7.74. The Morgan fingerprint density at radius 1 is 1.28 bits per heavy atom. The van der Waals surface area contributed by atoms with Gasteiger partial charge in [-0.2, -0.15) is 0 Å². The third kappa shape index (κ3) is 5.43. The number of hydrogen-bond donors (Lipinski definition) is 2. The molecule has 0 unspecified atom stereocenters. The zero-order valence-electron chi connectivity index (χ0n) is 14.4. The summed E-state index contributed by atoms with van der Waals surface area (Å²) in [5.41, 5.74) is 0.0225. The number of carbonyl (C=O) groups excluding carboxylic acids is 2. The van der Waals surface area contributed by atoms with Crippen LogP contribution in [0.2, 0.25) is 0 Å². The van der Waals surface area contributed by atoms with Gasteiger partial charge in [-0.25, -0.2) is 17.9 Å². The van der Waals surface area contributed by atoms with E-state index < -0.39 is 28.5 Å². The molecule has 1 aliphatic rings. The number of benzene rings is 1. The summed E-state index contributed by atoms with van der Waals surface area (Å²) in [7, 11) is -2.46. The zero-order chi connectivity index (χ0) is 18.6. The Morgan fingerprint density at radius 3 is 2.52 bits per heavy atom. The van der Waals surface area contributed by atoms with Crippen LogP contribution in [0, 0.1) is 0 Å². The number of nitrogens with one attached hydrogen (secondary N) is 2. The van der Waals surface area contributed by atoms with Gasteiger partial charge in [0.15, 0.2) is 6.61 Å². The summed E-state index contributed by atoms with van der Waals surface area (Å²) in [6.45, 7) is 3.13. The molecule has 2 rings (SSSR count). The average molecular weight is 370 g/mol. The van der Waals surface area contributed by atoms with Gasteiger partial charge in [-0.3, -0.25) is 4.79 Å². The zero-order valence-corrected chi connectivity index (χ0v) is 15.2. The van der Waals surface area contributed by atoms with Crippen molar-refractivity contribution in [2.45, 2.75) is 43.7 Å². The Kier molecular flexibility index (Phi) is 6.02. The van der Waals surface area contributed by atoms with Gasteiger partial charge in [0.2, 0.25) is 10.0 Å². The Bertz CT molecular complexity index is 756. The standard InChI is InChI=1S/C16H22N2O6S/c1-10(2)17-15(19)9-24-16(20)11-4-7-13(23-3)14(8-11)25(21,22)18-12-5-6-12/h4,7-8,10,12,18H,5-6,9H2,1-3H3,(H,17,19). The van der Waals surface area contributed by atoms with E-state index in [9.17, 15) is 18.0 Å². The maximum Gasteiger partial charge on any atom is 0.338 e.